The number of rotatable bonds is 5. The fourth-order valence-electron chi connectivity index (χ4n) is 3.26. The molecule has 1 fully saturated rings. The third-order valence-corrected chi connectivity index (χ3v) is 4.97. The van der Waals surface area contributed by atoms with E-state index in [-0.39, 0.29) is 0 Å². The minimum Gasteiger partial charge on any atom is -0.396 e. The van der Waals surface area contributed by atoms with Gasteiger partial charge in [0.15, 0.2) is 0 Å². The van der Waals surface area contributed by atoms with Crippen LogP contribution in [-0.4, -0.2) is 23.8 Å². The third kappa shape index (κ3) is 3.39. The molecule has 2 N–H and O–H groups in total. The van der Waals surface area contributed by atoms with Crippen molar-refractivity contribution in [2.45, 2.75) is 50.6 Å². The number of aryl methyl sites for hydroxylation is 1. The van der Waals surface area contributed by atoms with E-state index in [0.29, 0.717) is 18.7 Å². The fraction of sp³-hybridized carbons (Fsp3) is 0.625. The van der Waals surface area contributed by atoms with E-state index < -0.39 is 0 Å². The molecule has 0 aliphatic heterocycles. The Morgan fingerprint density at radius 2 is 2.11 bits per heavy atom. The van der Waals surface area contributed by atoms with Gasteiger partial charge in [0.2, 0.25) is 0 Å². The number of aliphatic hydroxyl groups is 1. The van der Waals surface area contributed by atoms with Crippen molar-refractivity contribution >= 4 is 15.9 Å². The zero-order chi connectivity index (χ0) is 13.2. The van der Waals surface area contributed by atoms with E-state index in [9.17, 15) is 5.11 Å². The van der Waals surface area contributed by atoms with Crippen LogP contribution in [0.15, 0.2) is 22.7 Å². The first-order valence-corrected chi connectivity index (χ1v) is 8.20. The first-order chi connectivity index (χ1) is 9.26. The number of halogens is 1. The van der Waals surface area contributed by atoms with Crippen molar-refractivity contribution < 1.29 is 5.11 Å². The van der Waals surface area contributed by atoms with Crippen LogP contribution in [0.5, 0.6) is 0 Å². The second kappa shape index (κ2) is 5.94. The second-order valence-electron chi connectivity index (χ2n) is 5.98. The first kappa shape index (κ1) is 13.6. The monoisotopic (exact) mass is 323 g/mol. The molecule has 0 bridgehead atoms. The fourth-order valence-corrected chi connectivity index (χ4v) is 3.67. The van der Waals surface area contributed by atoms with E-state index in [1.54, 1.807) is 0 Å². The lowest BCUT2D eigenvalue weighted by Crippen LogP contribution is -2.43. The van der Waals surface area contributed by atoms with Crippen LogP contribution in [0.4, 0.5) is 0 Å². The lowest BCUT2D eigenvalue weighted by molar-refractivity contribution is 0.244. The molecule has 0 amide bonds. The van der Waals surface area contributed by atoms with Gasteiger partial charge >= 0.3 is 0 Å². The molecule has 3 heteroatoms. The molecule has 1 aromatic rings. The largest absolute Gasteiger partial charge is 0.396 e. The highest BCUT2D eigenvalue weighted by Gasteiger charge is 2.32. The van der Waals surface area contributed by atoms with Crippen LogP contribution in [-0.2, 0) is 12.8 Å². The van der Waals surface area contributed by atoms with Gasteiger partial charge in [-0.3, -0.25) is 0 Å². The van der Waals surface area contributed by atoms with Crippen molar-refractivity contribution in [1.29, 1.82) is 0 Å². The average molecular weight is 324 g/mol. The summed E-state index contributed by atoms with van der Waals surface area (Å²) in [6.07, 6.45) is 7.12. The highest BCUT2D eigenvalue weighted by atomic mass is 79.9. The summed E-state index contributed by atoms with van der Waals surface area (Å²) in [7, 11) is 0. The average Bonchev–Trinajstić information content (AvgIpc) is 3.23. The molecule has 2 unspecified atom stereocenters. The molecule has 2 aliphatic carbocycles. The summed E-state index contributed by atoms with van der Waals surface area (Å²) in [6, 6.07) is 7.79. The summed E-state index contributed by atoms with van der Waals surface area (Å²) in [4.78, 5) is 0. The maximum atomic E-state index is 9.19. The standard InChI is InChI=1S/C16H22BrNO/c17-14-5-3-13-10-15(6-4-12(13)9-14)18-16(7-8-19)11-1-2-11/h3,5,9,11,15-16,18-19H,1-2,4,6-8,10H2. The molecule has 3 rings (SSSR count). The Morgan fingerprint density at radius 3 is 2.84 bits per heavy atom. The number of hydrogen-bond donors (Lipinski definition) is 2. The number of aliphatic hydroxyl groups excluding tert-OH is 1. The van der Waals surface area contributed by atoms with Gasteiger partial charge in [-0.05, 0) is 67.7 Å². The molecule has 104 valence electrons. The molecule has 0 saturated heterocycles. The molecule has 2 aliphatic rings. The second-order valence-corrected chi connectivity index (χ2v) is 6.89. The SMILES string of the molecule is OCCC(NC1CCc2cc(Br)ccc2C1)C1CC1. The van der Waals surface area contributed by atoms with Crippen LogP contribution in [0.3, 0.4) is 0 Å². The quantitative estimate of drug-likeness (QED) is 0.872. The summed E-state index contributed by atoms with van der Waals surface area (Å²) in [6.45, 7) is 0.310. The Hall–Kier alpha value is -0.380. The molecule has 19 heavy (non-hydrogen) atoms. The molecule has 0 heterocycles. The molecule has 0 aromatic heterocycles. The Labute approximate surface area is 123 Å². The summed E-state index contributed by atoms with van der Waals surface area (Å²) in [5.41, 5.74) is 2.99. The predicted molar refractivity (Wildman–Crippen MR) is 81.3 cm³/mol. The Morgan fingerprint density at radius 1 is 1.26 bits per heavy atom. The van der Waals surface area contributed by atoms with Crippen molar-refractivity contribution in [1.82, 2.24) is 5.32 Å². The Bertz CT molecular complexity index is 444. The maximum absolute atomic E-state index is 9.19. The highest BCUT2D eigenvalue weighted by molar-refractivity contribution is 9.10. The van der Waals surface area contributed by atoms with E-state index >= 15 is 0 Å². The van der Waals surface area contributed by atoms with Gasteiger partial charge < -0.3 is 10.4 Å². The zero-order valence-electron chi connectivity index (χ0n) is 11.2. The van der Waals surface area contributed by atoms with E-state index in [4.69, 9.17) is 0 Å². The van der Waals surface area contributed by atoms with Crippen LogP contribution in [0.1, 0.15) is 36.8 Å². The Kier molecular flexibility index (Phi) is 4.25. The molecule has 2 nitrogen and oxygen atoms in total. The minimum atomic E-state index is 0.310. The molecule has 0 radical (unpaired) electrons. The summed E-state index contributed by atoms with van der Waals surface area (Å²) in [5, 5.41) is 13.0. The number of fused-ring (bicyclic) bond motifs is 1. The van der Waals surface area contributed by atoms with Gasteiger partial charge in [0, 0.05) is 23.2 Å². The molecule has 1 aromatic carbocycles. The molecule has 0 spiro atoms. The van der Waals surface area contributed by atoms with Gasteiger partial charge in [0.05, 0.1) is 0 Å². The summed E-state index contributed by atoms with van der Waals surface area (Å²) >= 11 is 3.55. The maximum Gasteiger partial charge on any atom is 0.0445 e. The predicted octanol–water partition coefficient (Wildman–Crippen LogP) is 3.06. The van der Waals surface area contributed by atoms with Crippen molar-refractivity contribution in [2.24, 2.45) is 5.92 Å². The number of hydrogen-bond acceptors (Lipinski definition) is 2. The lowest BCUT2D eigenvalue weighted by Gasteiger charge is -2.30. The topological polar surface area (TPSA) is 32.3 Å². The minimum absolute atomic E-state index is 0.310. The van der Waals surface area contributed by atoms with Gasteiger partial charge in [-0.1, -0.05) is 22.0 Å². The van der Waals surface area contributed by atoms with Crippen molar-refractivity contribution in [3.05, 3.63) is 33.8 Å². The summed E-state index contributed by atoms with van der Waals surface area (Å²) < 4.78 is 1.19. The van der Waals surface area contributed by atoms with Crippen molar-refractivity contribution in [3.8, 4) is 0 Å². The number of benzene rings is 1. The highest BCUT2D eigenvalue weighted by Crippen LogP contribution is 2.35. The van der Waals surface area contributed by atoms with Crippen LogP contribution in [0.2, 0.25) is 0 Å². The van der Waals surface area contributed by atoms with Gasteiger partial charge in [-0.25, -0.2) is 0 Å². The smallest absolute Gasteiger partial charge is 0.0445 e. The van der Waals surface area contributed by atoms with E-state index in [2.05, 4.69) is 39.4 Å². The van der Waals surface area contributed by atoms with Crippen molar-refractivity contribution in [2.75, 3.05) is 6.61 Å². The van der Waals surface area contributed by atoms with Gasteiger partial charge in [-0.15, -0.1) is 0 Å². The van der Waals surface area contributed by atoms with E-state index in [1.807, 2.05) is 0 Å². The van der Waals surface area contributed by atoms with Crippen molar-refractivity contribution in [3.63, 3.8) is 0 Å². The lowest BCUT2D eigenvalue weighted by atomic mass is 9.87. The van der Waals surface area contributed by atoms with Crippen LogP contribution >= 0.6 is 15.9 Å². The third-order valence-electron chi connectivity index (χ3n) is 4.48. The van der Waals surface area contributed by atoms with Crippen LogP contribution < -0.4 is 5.32 Å². The number of nitrogens with one attached hydrogen (secondary N) is 1. The summed E-state index contributed by atoms with van der Waals surface area (Å²) in [5.74, 6) is 0.818. The molecular weight excluding hydrogens is 302 g/mol. The van der Waals surface area contributed by atoms with E-state index in [1.165, 1.54) is 41.3 Å². The molecule has 1 saturated carbocycles. The first-order valence-electron chi connectivity index (χ1n) is 7.40. The van der Waals surface area contributed by atoms with E-state index in [0.717, 1.165) is 18.8 Å². The van der Waals surface area contributed by atoms with Gasteiger partial charge in [0.1, 0.15) is 0 Å². The van der Waals surface area contributed by atoms with Gasteiger partial charge in [0.25, 0.3) is 0 Å². The normalized spacial score (nSPS) is 24.0. The van der Waals surface area contributed by atoms with Gasteiger partial charge in [-0.2, -0.15) is 0 Å². The molecular formula is C16H22BrNO. The Balaban J connectivity index is 1.63. The molecule has 2 atom stereocenters. The zero-order valence-corrected chi connectivity index (χ0v) is 12.8. The van der Waals surface area contributed by atoms with Crippen LogP contribution in [0.25, 0.3) is 0 Å². The van der Waals surface area contributed by atoms with Crippen LogP contribution in [0, 0.1) is 5.92 Å².